The molecule has 0 saturated carbocycles. The van der Waals surface area contributed by atoms with Gasteiger partial charge in [-0.1, -0.05) is 26.0 Å². The van der Waals surface area contributed by atoms with Gasteiger partial charge in [0.15, 0.2) is 0 Å². The topological polar surface area (TPSA) is 49.4 Å². The molecule has 0 bridgehead atoms. The third-order valence-corrected chi connectivity index (χ3v) is 3.37. The number of benzene rings is 1. The Balaban J connectivity index is 2.17. The van der Waals surface area contributed by atoms with E-state index in [9.17, 15) is 14.0 Å². The third-order valence-electron chi connectivity index (χ3n) is 3.37. The molecule has 0 radical (unpaired) electrons. The Morgan fingerprint density at radius 3 is 2.55 bits per heavy atom. The maximum absolute atomic E-state index is 12.9. The molecule has 1 N–H and O–H groups in total. The Kier molecular flexibility index (Phi) is 4.37. The zero-order valence-electron chi connectivity index (χ0n) is 11.7. The van der Waals surface area contributed by atoms with Gasteiger partial charge in [0.05, 0.1) is 6.54 Å². The highest BCUT2D eigenvalue weighted by Gasteiger charge is 2.34. The lowest BCUT2D eigenvalue weighted by atomic mass is 9.99. The van der Waals surface area contributed by atoms with E-state index in [1.165, 1.54) is 12.1 Å². The molecule has 0 aliphatic carbocycles. The van der Waals surface area contributed by atoms with Crippen LogP contribution in [0.2, 0.25) is 0 Å². The van der Waals surface area contributed by atoms with E-state index >= 15 is 0 Å². The van der Waals surface area contributed by atoms with Crippen molar-refractivity contribution in [2.24, 2.45) is 5.92 Å². The average Bonchev–Trinajstić information content (AvgIpc) is 2.40. The van der Waals surface area contributed by atoms with Crippen LogP contribution in [0.4, 0.5) is 4.39 Å². The fourth-order valence-corrected chi connectivity index (χ4v) is 2.36. The first-order valence-corrected chi connectivity index (χ1v) is 6.79. The van der Waals surface area contributed by atoms with E-state index in [1.807, 2.05) is 13.8 Å². The molecule has 1 saturated heterocycles. The SMILES string of the molecule is CC(C)CC1C(=O)NCC(=O)N1Cc1ccc(F)cc1. The van der Waals surface area contributed by atoms with E-state index in [-0.39, 0.29) is 24.2 Å². The van der Waals surface area contributed by atoms with E-state index in [2.05, 4.69) is 5.32 Å². The zero-order valence-corrected chi connectivity index (χ0v) is 11.7. The maximum Gasteiger partial charge on any atom is 0.243 e. The molecule has 2 amide bonds. The Morgan fingerprint density at radius 1 is 1.30 bits per heavy atom. The zero-order chi connectivity index (χ0) is 14.7. The number of rotatable bonds is 4. The lowest BCUT2D eigenvalue weighted by Crippen LogP contribution is -2.58. The van der Waals surface area contributed by atoms with Crippen molar-refractivity contribution in [3.8, 4) is 0 Å². The number of nitrogens with zero attached hydrogens (tertiary/aromatic N) is 1. The molecule has 1 aromatic rings. The van der Waals surface area contributed by atoms with Gasteiger partial charge in [0.1, 0.15) is 11.9 Å². The lowest BCUT2D eigenvalue weighted by molar-refractivity contribution is -0.146. The molecule has 1 aromatic carbocycles. The van der Waals surface area contributed by atoms with Gasteiger partial charge in [-0.25, -0.2) is 4.39 Å². The molecule has 1 aliphatic rings. The number of nitrogens with one attached hydrogen (secondary N) is 1. The predicted octanol–water partition coefficient (Wildman–Crippen LogP) is 1.70. The number of hydrogen-bond acceptors (Lipinski definition) is 2. The molecule has 5 heteroatoms. The van der Waals surface area contributed by atoms with Crippen LogP contribution in [0.25, 0.3) is 0 Å². The van der Waals surface area contributed by atoms with Crippen LogP contribution in [0, 0.1) is 11.7 Å². The second-order valence-electron chi connectivity index (χ2n) is 5.51. The lowest BCUT2D eigenvalue weighted by Gasteiger charge is -2.35. The van der Waals surface area contributed by atoms with Crippen LogP contribution in [0.5, 0.6) is 0 Å². The number of carbonyl (C=O) groups is 2. The van der Waals surface area contributed by atoms with Crippen LogP contribution in [-0.2, 0) is 16.1 Å². The first-order chi connectivity index (χ1) is 9.47. The van der Waals surface area contributed by atoms with Gasteiger partial charge in [-0.15, -0.1) is 0 Å². The van der Waals surface area contributed by atoms with Crippen molar-refractivity contribution in [1.29, 1.82) is 0 Å². The fourth-order valence-electron chi connectivity index (χ4n) is 2.36. The Bertz CT molecular complexity index is 499. The van der Waals surface area contributed by atoms with Crippen molar-refractivity contribution in [3.63, 3.8) is 0 Å². The maximum atomic E-state index is 12.9. The van der Waals surface area contributed by atoms with Crippen molar-refractivity contribution in [2.75, 3.05) is 6.54 Å². The van der Waals surface area contributed by atoms with Gasteiger partial charge in [0.25, 0.3) is 0 Å². The Labute approximate surface area is 118 Å². The third kappa shape index (κ3) is 3.35. The molecule has 4 nitrogen and oxygen atoms in total. The first kappa shape index (κ1) is 14.5. The minimum absolute atomic E-state index is 0.0363. The van der Waals surface area contributed by atoms with Gasteiger partial charge in [-0.3, -0.25) is 9.59 Å². The van der Waals surface area contributed by atoms with E-state index in [4.69, 9.17) is 0 Å². The van der Waals surface area contributed by atoms with Gasteiger partial charge in [0.2, 0.25) is 11.8 Å². The van der Waals surface area contributed by atoms with Gasteiger partial charge in [-0.2, -0.15) is 0 Å². The van der Waals surface area contributed by atoms with Crippen molar-refractivity contribution in [3.05, 3.63) is 35.6 Å². The summed E-state index contributed by atoms with van der Waals surface area (Å²) in [5.41, 5.74) is 0.822. The molecule has 108 valence electrons. The van der Waals surface area contributed by atoms with Crippen molar-refractivity contribution in [2.45, 2.75) is 32.9 Å². The second kappa shape index (κ2) is 6.03. The van der Waals surface area contributed by atoms with E-state index < -0.39 is 6.04 Å². The number of hydrogen-bond donors (Lipinski definition) is 1. The fraction of sp³-hybridized carbons (Fsp3) is 0.467. The Hall–Kier alpha value is -1.91. The highest BCUT2D eigenvalue weighted by atomic mass is 19.1. The normalized spacial score (nSPS) is 19.4. The Morgan fingerprint density at radius 2 is 1.95 bits per heavy atom. The molecule has 0 aromatic heterocycles. The van der Waals surface area contributed by atoms with E-state index in [0.29, 0.717) is 18.9 Å². The molecule has 1 atom stereocenters. The smallest absolute Gasteiger partial charge is 0.243 e. The number of amides is 2. The minimum atomic E-state index is -0.443. The highest BCUT2D eigenvalue weighted by molar-refractivity contribution is 5.94. The molecule has 1 aliphatic heterocycles. The summed E-state index contributed by atoms with van der Waals surface area (Å²) < 4.78 is 12.9. The molecule has 0 spiro atoms. The summed E-state index contributed by atoms with van der Waals surface area (Å²) in [7, 11) is 0. The van der Waals surface area contributed by atoms with Crippen LogP contribution in [0.1, 0.15) is 25.8 Å². The molecule has 20 heavy (non-hydrogen) atoms. The quantitative estimate of drug-likeness (QED) is 0.911. The second-order valence-corrected chi connectivity index (χ2v) is 5.51. The summed E-state index contributed by atoms with van der Waals surface area (Å²) in [5, 5.41) is 2.62. The molecular weight excluding hydrogens is 259 g/mol. The van der Waals surface area contributed by atoms with E-state index in [0.717, 1.165) is 5.56 Å². The predicted molar refractivity (Wildman–Crippen MR) is 73.2 cm³/mol. The van der Waals surface area contributed by atoms with Crippen LogP contribution in [0.15, 0.2) is 24.3 Å². The van der Waals surface area contributed by atoms with Gasteiger partial charge in [0, 0.05) is 6.54 Å². The molecule has 1 heterocycles. The summed E-state index contributed by atoms with van der Waals surface area (Å²) in [6.45, 7) is 4.41. The van der Waals surface area contributed by atoms with Crippen LogP contribution in [0.3, 0.4) is 0 Å². The summed E-state index contributed by atoms with van der Waals surface area (Å²) in [6.07, 6.45) is 0.624. The van der Waals surface area contributed by atoms with Crippen LogP contribution >= 0.6 is 0 Å². The largest absolute Gasteiger partial charge is 0.345 e. The first-order valence-electron chi connectivity index (χ1n) is 6.79. The molecule has 2 rings (SSSR count). The van der Waals surface area contributed by atoms with Gasteiger partial charge in [-0.05, 0) is 30.0 Å². The van der Waals surface area contributed by atoms with Crippen molar-refractivity contribution < 1.29 is 14.0 Å². The van der Waals surface area contributed by atoms with E-state index in [1.54, 1.807) is 17.0 Å². The van der Waals surface area contributed by atoms with Crippen LogP contribution in [-0.4, -0.2) is 29.3 Å². The molecule has 1 unspecified atom stereocenters. The van der Waals surface area contributed by atoms with Gasteiger partial charge < -0.3 is 10.2 Å². The van der Waals surface area contributed by atoms with Crippen molar-refractivity contribution in [1.82, 2.24) is 10.2 Å². The summed E-state index contributed by atoms with van der Waals surface area (Å²) in [5.74, 6) is -0.206. The molecular formula is C15H19FN2O2. The highest BCUT2D eigenvalue weighted by Crippen LogP contribution is 2.18. The summed E-state index contributed by atoms with van der Waals surface area (Å²) in [6, 6.07) is 5.56. The van der Waals surface area contributed by atoms with Crippen LogP contribution < -0.4 is 5.32 Å². The monoisotopic (exact) mass is 278 g/mol. The standard InChI is InChI=1S/C15H19FN2O2/c1-10(2)7-13-15(20)17-8-14(19)18(13)9-11-3-5-12(16)6-4-11/h3-6,10,13H,7-9H2,1-2H3,(H,17,20). The molecule has 1 fully saturated rings. The van der Waals surface area contributed by atoms with Gasteiger partial charge >= 0.3 is 0 Å². The number of halogens is 1. The van der Waals surface area contributed by atoms with Crippen molar-refractivity contribution >= 4 is 11.8 Å². The summed E-state index contributed by atoms with van der Waals surface area (Å²) in [4.78, 5) is 25.6. The number of carbonyl (C=O) groups excluding carboxylic acids is 2. The number of piperazine rings is 1. The summed E-state index contributed by atoms with van der Waals surface area (Å²) >= 11 is 0. The average molecular weight is 278 g/mol. The minimum Gasteiger partial charge on any atom is -0.345 e.